The van der Waals surface area contributed by atoms with E-state index in [1.54, 1.807) is 0 Å². The van der Waals surface area contributed by atoms with Gasteiger partial charge in [0.2, 0.25) is 5.88 Å². The molecule has 34 heavy (non-hydrogen) atoms. The Balaban J connectivity index is 1.61. The number of nitrogens with zero attached hydrogens (tertiary/aromatic N) is 4. The van der Waals surface area contributed by atoms with Crippen LogP contribution in [0.1, 0.15) is 27.0 Å². The number of benzene rings is 2. The number of ether oxygens (including phenoxy) is 2. The van der Waals surface area contributed by atoms with E-state index in [0.717, 1.165) is 10.1 Å². The molecule has 0 atom stereocenters. The average Bonchev–Trinajstić information content (AvgIpc) is 2.86. The van der Waals surface area contributed by atoms with Gasteiger partial charge < -0.3 is 14.6 Å². The van der Waals surface area contributed by atoms with Crippen LogP contribution < -0.4 is 5.56 Å². The molecule has 0 saturated carbocycles. The van der Waals surface area contributed by atoms with Crippen molar-refractivity contribution >= 4 is 23.3 Å². The van der Waals surface area contributed by atoms with Crippen LogP contribution in [0, 0.1) is 18.3 Å². The minimum atomic E-state index is -0.720. The molecule has 3 aromatic rings. The van der Waals surface area contributed by atoms with Gasteiger partial charge in [-0.1, -0.05) is 30.3 Å². The first-order chi connectivity index (χ1) is 16.3. The van der Waals surface area contributed by atoms with Gasteiger partial charge in [-0.25, -0.2) is 9.59 Å². The topological polar surface area (TPSA) is 143 Å². The number of hydrogen-bond acceptors (Lipinski definition) is 9. The molecule has 1 aromatic heterocycles. The number of carbonyl (C=O) groups excluding carboxylic acids is 2. The molecule has 172 valence electrons. The first-order valence-electron chi connectivity index (χ1n) is 10.0. The van der Waals surface area contributed by atoms with Crippen molar-refractivity contribution in [3.05, 3.63) is 87.2 Å². The van der Waals surface area contributed by atoms with E-state index in [2.05, 4.69) is 10.2 Å². The molecular formula is C24H20N4O6. The van der Waals surface area contributed by atoms with E-state index < -0.39 is 30.0 Å². The zero-order valence-electron chi connectivity index (χ0n) is 18.4. The maximum absolute atomic E-state index is 12.3. The third kappa shape index (κ3) is 5.52. The highest BCUT2D eigenvalue weighted by Crippen LogP contribution is 2.26. The van der Waals surface area contributed by atoms with E-state index in [0.29, 0.717) is 5.69 Å². The van der Waals surface area contributed by atoms with Crippen LogP contribution in [0.5, 0.6) is 5.88 Å². The summed E-state index contributed by atoms with van der Waals surface area (Å²) in [4.78, 5) is 36.3. The molecule has 0 saturated heterocycles. The molecule has 0 bridgehead atoms. The molecule has 2 aromatic carbocycles. The van der Waals surface area contributed by atoms with Gasteiger partial charge in [0.15, 0.2) is 12.3 Å². The van der Waals surface area contributed by atoms with Crippen molar-refractivity contribution in [2.75, 3.05) is 6.61 Å². The summed E-state index contributed by atoms with van der Waals surface area (Å²) < 4.78 is 10.9. The number of nitriles is 1. The minimum absolute atomic E-state index is 0.0727. The van der Waals surface area contributed by atoms with Crippen molar-refractivity contribution in [3.8, 4) is 11.9 Å². The fourth-order valence-electron chi connectivity index (χ4n) is 2.88. The molecule has 0 radical (unpaired) electrons. The van der Waals surface area contributed by atoms with Crippen molar-refractivity contribution in [1.29, 1.82) is 5.26 Å². The molecule has 10 nitrogen and oxygen atoms in total. The minimum Gasteiger partial charge on any atom is -0.493 e. The Labute approximate surface area is 194 Å². The molecule has 0 fully saturated rings. The van der Waals surface area contributed by atoms with E-state index in [1.807, 2.05) is 36.4 Å². The van der Waals surface area contributed by atoms with Crippen LogP contribution in [0.4, 0.5) is 11.4 Å². The lowest BCUT2D eigenvalue weighted by molar-refractivity contribution is -0.148. The van der Waals surface area contributed by atoms with E-state index in [9.17, 15) is 24.8 Å². The Morgan fingerprint density at radius 2 is 1.74 bits per heavy atom. The summed E-state index contributed by atoms with van der Waals surface area (Å²) in [6.45, 7) is 1.03. The number of azo groups is 1. The molecule has 0 amide bonds. The van der Waals surface area contributed by atoms with E-state index in [-0.39, 0.29) is 29.0 Å². The quantitative estimate of drug-likeness (QED) is 0.419. The maximum atomic E-state index is 12.3. The van der Waals surface area contributed by atoms with Gasteiger partial charge in [-0.15, -0.1) is 5.11 Å². The van der Waals surface area contributed by atoms with Gasteiger partial charge in [0, 0.05) is 12.6 Å². The standard InChI is InChI=1S/C24H20N4O6/c1-15-19(12-25)22(30)28(2)23(31)21(15)27-26-18-10-8-17(9-11-18)24(32)34-14-20(29)33-13-16-6-4-3-5-7-16/h3-11,30H,13-14H2,1-2H3. The second-order valence-corrected chi connectivity index (χ2v) is 7.12. The maximum Gasteiger partial charge on any atom is 0.344 e. The number of aromatic hydroxyl groups is 1. The Hall–Kier alpha value is -4.78. The zero-order valence-corrected chi connectivity index (χ0v) is 18.4. The highest BCUT2D eigenvalue weighted by atomic mass is 16.6. The summed E-state index contributed by atoms with van der Waals surface area (Å²) in [6, 6.07) is 16.7. The summed E-state index contributed by atoms with van der Waals surface area (Å²) in [5, 5.41) is 27.0. The predicted molar refractivity (Wildman–Crippen MR) is 120 cm³/mol. The van der Waals surface area contributed by atoms with Gasteiger partial charge >= 0.3 is 11.9 Å². The summed E-state index contributed by atoms with van der Waals surface area (Å²) in [6.07, 6.45) is 0. The van der Waals surface area contributed by atoms with Crippen LogP contribution in [-0.4, -0.2) is 28.2 Å². The number of pyridine rings is 1. The van der Waals surface area contributed by atoms with Gasteiger partial charge in [-0.3, -0.25) is 9.36 Å². The summed E-state index contributed by atoms with van der Waals surface area (Å²) in [7, 11) is 1.31. The van der Waals surface area contributed by atoms with E-state index in [1.165, 1.54) is 38.2 Å². The SMILES string of the molecule is Cc1c(C#N)c(O)n(C)c(=O)c1N=Nc1ccc(C(=O)OCC(=O)OCc2ccccc2)cc1. The largest absolute Gasteiger partial charge is 0.493 e. The summed E-state index contributed by atoms with van der Waals surface area (Å²) in [5.74, 6) is -1.84. The molecule has 0 aliphatic carbocycles. The smallest absolute Gasteiger partial charge is 0.344 e. The van der Waals surface area contributed by atoms with Gasteiger partial charge in [0.05, 0.1) is 11.3 Å². The highest BCUT2D eigenvalue weighted by molar-refractivity contribution is 5.91. The van der Waals surface area contributed by atoms with E-state index in [4.69, 9.17) is 9.47 Å². The molecule has 3 rings (SSSR count). The lowest BCUT2D eigenvalue weighted by atomic mass is 10.1. The number of rotatable bonds is 7. The zero-order chi connectivity index (χ0) is 24.7. The number of aromatic nitrogens is 1. The fourth-order valence-corrected chi connectivity index (χ4v) is 2.88. The normalized spacial score (nSPS) is 10.6. The van der Waals surface area contributed by atoms with Crippen molar-refractivity contribution in [1.82, 2.24) is 4.57 Å². The fraction of sp³-hybridized carbons (Fsp3) is 0.167. The van der Waals surface area contributed by atoms with E-state index >= 15 is 0 Å². The molecule has 0 aliphatic heterocycles. The molecule has 1 heterocycles. The van der Waals surface area contributed by atoms with Gasteiger partial charge in [0.1, 0.15) is 18.2 Å². The molecule has 0 unspecified atom stereocenters. The Morgan fingerprint density at radius 1 is 1.06 bits per heavy atom. The van der Waals surface area contributed by atoms with Crippen LogP contribution in [0.2, 0.25) is 0 Å². The number of carbonyl (C=O) groups is 2. The van der Waals surface area contributed by atoms with Crippen LogP contribution in [0.3, 0.4) is 0 Å². The molecule has 0 spiro atoms. The van der Waals surface area contributed by atoms with Crippen LogP contribution in [-0.2, 0) is 27.9 Å². The van der Waals surface area contributed by atoms with Crippen molar-refractivity contribution in [3.63, 3.8) is 0 Å². The van der Waals surface area contributed by atoms with Crippen LogP contribution in [0.15, 0.2) is 69.6 Å². The molecular weight excluding hydrogens is 440 g/mol. The second-order valence-electron chi connectivity index (χ2n) is 7.12. The molecule has 1 N–H and O–H groups in total. The summed E-state index contributed by atoms with van der Waals surface area (Å²) >= 11 is 0. The average molecular weight is 460 g/mol. The third-order valence-electron chi connectivity index (χ3n) is 4.82. The Bertz CT molecular complexity index is 1340. The van der Waals surface area contributed by atoms with Gasteiger partial charge in [-0.05, 0) is 36.8 Å². The van der Waals surface area contributed by atoms with Gasteiger partial charge in [0.25, 0.3) is 5.56 Å². The van der Waals surface area contributed by atoms with Crippen molar-refractivity contribution in [2.45, 2.75) is 13.5 Å². The monoisotopic (exact) mass is 460 g/mol. The molecule has 10 heteroatoms. The second kappa shape index (κ2) is 10.7. The summed E-state index contributed by atoms with van der Waals surface area (Å²) in [5.41, 5.74) is 0.746. The van der Waals surface area contributed by atoms with Crippen LogP contribution in [0.25, 0.3) is 0 Å². The Kier molecular flexibility index (Phi) is 7.51. The van der Waals surface area contributed by atoms with Crippen LogP contribution >= 0.6 is 0 Å². The molecule has 0 aliphatic rings. The number of hydrogen-bond donors (Lipinski definition) is 1. The Morgan fingerprint density at radius 3 is 2.38 bits per heavy atom. The lowest BCUT2D eigenvalue weighted by Crippen LogP contribution is -2.18. The lowest BCUT2D eigenvalue weighted by Gasteiger charge is -2.08. The highest BCUT2D eigenvalue weighted by Gasteiger charge is 2.17. The van der Waals surface area contributed by atoms with Gasteiger partial charge in [-0.2, -0.15) is 10.4 Å². The predicted octanol–water partition coefficient (Wildman–Crippen LogP) is 3.59. The van der Waals surface area contributed by atoms with Crippen molar-refractivity contribution in [2.24, 2.45) is 17.3 Å². The van der Waals surface area contributed by atoms with Crippen molar-refractivity contribution < 1.29 is 24.2 Å². The number of esters is 2. The first kappa shape index (κ1) is 23.9. The first-order valence-corrected chi connectivity index (χ1v) is 10.0. The third-order valence-corrected chi connectivity index (χ3v) is 4.82.